The number of carbonyl (C=O) groups is 4. The van der Waals surface area contributed by atoms with Crippen molar-refractivity contribution in [2.45, 2.75) is 33.1 Å². The Balaban J connectivity index is 1.31. The van der Waals surface area contributed by atoms with E-state index in [9.17, 15) is 19.2 Å². The SMILES string of the molecule is Cc1cc(Br)c(NC(=O)COc2ccc(/C=C3\SC(=O)N(CC(=O)N4CCCCC4)C3=O)cc2)cc1C. The first kappa shape index (κ1) is 26.9. The zero-order valence-corrected chi connectivity index (χ0v) is 23.1. The Labute approximate surface area is 228 Å². The number of hydrogen-bond acceptors (Lipinski definition) is 6. The number of imide groups is 1. The van der Waals surface area contributed by atoms with Gasteiger partial charge in [0.25, 0.3) is 17.1 Å². The van der Waals surface area contributed by atoms with Gasteiger partial charge in [-0.3, -0.25) is 24.1 Å². The van der Waals surface area contributed by atoms with Gasteiger partial charge in [0.2, 0.25) is 5.91 Å². The highest BCUT2D eigenvalue weighted by Crippen LogP contribution is 2.32. The molecular weight excluding hydrogens is 558 g/mol. The van der Waals surface area contributed by atoms with E-state index in [1.807, 2.05) is 26.0 Å². The number of amides is 4. The minimum atomic E-state index is -0.463. The van der Waals surface area contributed by atoms with Gasteiger partial charge in [0.05, 0.1) is 10.6 Å². The van der Waals surface area contributed by atoms with Crippen LogP contribution in [0.3, 0.4) is 0 Å². The molecule has 0 saturated carbocycles. The molecule has 0 aromatic heterocycles. The second-order valence-corrected chi connectivity index (χ2v) is 10.9. The number of piperidine rings is 1. The van der Waals surface area contributed by atoms with Gasteiger partial charge in [-0.1, -0.05) is 12.1 Å². The van der Waals surface area contributed by atoms with Crippen molar-refractivity contribution in [1.29, 1.82) is 0 Å². The molecule has 0 atom stereocenters. The summed E-state index contributed by atoms with van der Waals surface area (Å²) in [7, 11) is 0. The van der Waals surface area contributed by atoms with E-state index in [4.69, 9.17) is 4.74 Å². The molecule has 2 saturated heterocycles. The molecule has 2 aromatic carbocycles. The number of thioether (sulfide) groups is 1. The molecule has 0 spiro atoms. The average molecular weight is 587 g/mol. The largest absolute Gasteiger partial charge is 0.484 e. The van der Waals surface area contributed by atoms with Crippen LogP contribution < -0.4 is 10.1 Å². The summed E-state index contributed by atoms with van der Waals surface area (Å²) >= 11 is 4.29. The standard InChI is InChI=1S/C27H28BrN3O5S/c1-17-12-21(28)22(13-18(17)2)29-24(32)16-36-20-8-6-19(7-9-20)14-23-26(34)31(27(35)37-23)15-25(33)30-10-4-3-5-11-30/h6-9,12-14H,3-5,10-11,15-16H2,1-2H3,(H,29,32)/b23-14-. The van der Waals surface area contributed by atoms with Crippen LogP contribution in [0.15, 0.2) is 45.8 Å². The van der Waals surface area contributed by atoms with Gasteiger partial charge in [0.1, 0.15) is 12.3 Å². The maximum Gasteiger partial charge on any atom is 0.294 e. The number of carbonyl (C=O) groups excluding carboxylic acids is 4. The Hall–Kier alpha value is -3.11. The van der Waals surface area contributed by atoms with Gasteiger partial charge in [-0.25, -0.2) is 0 Å². The van der Waals surface area contributed by atoms with Crippen LogP contribution in [-0.4, -0.2) is 59.0 Å². The van der Waals surface area contributed by atoms with Gasteiger partial charge < -0.3 is 15.0 Å². The van der Waals surface area contributed by atoms with Crippen molar-refractivity contribution in [3.8, 4) is 5.75 Å². The molecule has 2 fully saturated rings. The van der Waals surface area contributed by atoms with Gasteiger partial charge in [0.15, 0.2) is 6.61 Å². The molecule has 2 aliphatic rings. The van der Waals surface area contributed by atoms with Crippen LogP contribution in [0.4, 0.5) is 10.5 Å². The van der Waals surface area contributed by atoms with Crippen molar-refractivity contribution in [3.63, 3.8) is 0 Å². The van der Waals surface area contributed by atoms with Gasteiger partial charge >= 0.3 is 0 Å². The highest BCUT2D eigenvalue weighted by Gasteiger charge is 2.37. The lowest BCUT2D eigenvalue weighted by Crippen LogP contribution is -2.44. The molecular formula is C27H28BrN3O5S. The minimum Gasteiger partial charge on any atom is -0.484 e. The molecule has 2 aliphatic heterocycles. The lowest BCUT2D eigenvalue weighted by Gasteiger charge is -2.27. The van der Waals surface area contributed by atoms with E-state index in [1.54, 1.807) is 35.2 Å². The highest BCUT2D eigenvalue weighted by atomic mass is 79.9. The van der Waals surface area contributed by atoms with Gasteiger partial charge in [-0.2, -0.15) is 0 Å². The maximum absolute atomic E-state index is 12.8. The third kappa shape index (κ3) is 6.81. The predicted octanol–water partition coefficient (Wildman–Crippen LogP) is 5.13. The smallest absolute Gasteiger partial charge is 0.294 e. The zero-order chi connectivity index (χ0) is 26.5. The number of nitrogens with zero attached hydrogens (tertiary/aromatic N) is 2. The number of benzene rings is 2. The number of anilines is 1. The lowest BCUT2D eigenvalue weighted by atomic mass is 10.1. The van der Waals surface area contributed by atoms with E-state index < -0.39 is 11.1 Å². The molecule has 0 bridgehead atoms. The lowest BCUT2D eigenvalue weighted by molar-refractivity contribution is -0.136. The molecule has 8 nitrogen and oxygen atoms in total. The first-order chi connectivity index (χ1) is 17.7. The van der Waals surface area contributed by atoms with Gasteiger partial charge in [-0.05, 0) is 108 Å². The number of rotatable bonds is 7. The number of aryl methyl sites for hydroxylation is 2. The number of nitrogens with one attached hydrogen (secondary N) is 1. The van der Waals surface area contributed by atoms with Crippen LogP contribution >= 0.6 is 27.7 Å². The fourth-order valence-electron chi connectivity index (χ4n) is 4.04. The van der Waals surface area contributed by atoms with E-state index in [2.05, 4.69) is 21.2 Å². The van der Waals surface area contributed by atoms with Crippen molar-refractivity contribution in [2.75, 3.05) is 31.6 Å². The second-order valence-electron chi connectivity index (χ2n) is 9.03. The Morgan fingerprint density at radius 2 is 1.73 bits per heavy atom. The van der Waals surface area contributed by atoms with Crippen LogP contribution in [0, 0.1) is 13.8 Å². The van der Waals surface area contributed by atoms with Crippen LogP contribution in [0.25, 0.3) is 6.08 Å². The van der Waals surface area contributed by atoms with Crippen molar-refractivity contribution >= 4 is 62.4 Å². The monoisotopic (exact) mass is 585 g/mol. The molecule has 194 valence electrons. The molecule has 1 N–H and O–H groups in total. The van der Waals surface area contributed by atoms with Crippen LogP contribution in [0.1, 0.15) is 36.0 Å². The Morgan fingerprint density at radius 1 is 1.05 bits per heavy atom. The molecule has 2 aromatic rings. The molecule has 0 aliphatic carbocycles. The maximum atomic E-state index is 12.8. The Kier molecular flexibility index (Phi) is 8.71. The van der Waals surface area contributed by atoms with Gasteiger partial charge in [0, 0.05) is 17.6 Å². The summed E-state index contributed by atoms with van der Waals surface area (Å²) in [5.74, 6) is -0.457. The van der Waals surface area contributed by atoms with E-state index in [-0.39, 0.29) is 29.9 Å². The Morgan fingerprint density at radius 3 is 2.43 bits per heavy atom. The quantitative estimate of drug-likeness (QED) is 0.452. The molecule has 37 heavy (non-hydrogen) atoms. The molecule has 0 unspecified atom stereocenters. The summed E-state index contributed by atoms with van der Waals surface area (Å²) in [5.41, 5.74) is 3.57. The predicted molar refractivity (Wildman–Crippen MR) is 147 cm³/mol. The number of hydrogen-bond donors (Lipinski definition) is 1. The normalized spacial score (nSPS) is 16.9. The van der Waals surface area contributed by atoms with Crippen LogP contribution in [0.5, 0.6) is 5.75 Å². The molecule has 0 radical (unpaired) electrons. The fraction of sp³-hybridized carbons (Fsp3) is 0.333. The van der Waals surface area contributed by atoms with E-state index in [0.29, 0.717) is 30.1 Å². The average Bonchev–Trinajstić information content (AvgIpc) is 3.14. The summed E-state index contributed by atoms with van der Waals surface area (Å²) < 4.78 is 6.39. The summed E-state index contributed by atoms with van der Waals surface area (Å²) in [6.45, 7) is 4.93. The first-order valence-corrected chi connectivity index (χ1v) is 13.6. The highest BCUT2D eigenvalue weighted by molar-refractivity contribution is 9.10. The van der Waals surface area contributed by atoms with E-state index >= 15 is 0 Å². The molecule has 10 heteroatoms. The summed E-state index contributed by atoms with van der Waals surface area (Å²) in [4.78, 5) is 53.0. The topological polar surface area (TPSA) is 96.0 Å². The minimum absolute atomic E-state index is 0.164. The third-order valence-electron chi connectivity index (χ3n) is 6.28. The van der Waals surface area contributed by atoms with Crippen molar-refractivity contribution in [2.24, 2.45) is 0 Å². The van der Waals surface area contributed by atoms with Crippen molar-refractivity contribution in [1.82, 2.24) is 9.80 Å². The summed E-state index contributed by atoms with van der Waals surface area (Å²) in [5, 5.41) is 2.39. The second kappa shape index (κ2) is 12.0. The van der Waals surface area contributed by atoms with Crippen molar-refractivity contribution in [3.05, 3.63) is 62.5 Å². The van der Waals surface area contributed by atoms with Crippen molar-refractivity contribution < 1.29 is 23.9 Å². The van der Waals surface area contributed by atoms with E-state index in [0.717, 1.165) is 51.5 Å². The molecule has 4 amide bonds. The van der Waals surface area contributed by atoms with E-state index in [1.165, 1.54) is 0 Å². The number of halogens is 1. The molecule has 2 heterocycles. The van der Waals surface area contributed by atoms with Gasteiger partial charge in [-0.15, -0.1) is 0 Å². The summed E-state index contributed by atoms with van der Waals surface area (Å²) in [6, 6.07) is 10.7. The fourth-order valence-corrected chi connectivity index (χ4v) is 5.43. The number of ether oxygens (including phenoxy) is 1. The number of likely N-dealkylation sites (tertiary alicyclic amines) is 1. The van der Waals surface area contributed by atoms with Crippen LogP contribution in [-0.2, 0) is 14.4 Å². The Bertz CT molecular complexity index is 1260. The molecule has 4 rings (SSSR count). The zero-order valence-electron chi connectivity index (χ0n) is 20.7. The third-order valence-corrected chi connectivity index (χ3v) is 7.84. The van der Waals surface area contributed by atoms with Crippen LogP contribution in [0.2, 0.25) is 0 Å². The summed E-state index contributed by atoms with van der Waals surface area (Å²) in [6.07, 6.45) is 4.60. The first-order valence-electron chi connectivity index (χ1n) is 12.0.